The predicted octanol–water partition coefficient (Wildman–Crippen LogP) is 2.29. The molecule has 4 nitrogen and oxygen atoms in total. The Morgan fingerprint density at radius 3 is 2.12 bits per heavy atom. The number of thioether (sulfide) groups is 1. The van der Waals surface area contributed by atoms with Gasteiger partial charge in [0.25, 0.3) is 0 Å². The molecule has 0 rings (SSSR count). The zero-order chi connectivity index (χ0) is 13.3. The summed E-state index contributed by atoms with van der Waals surface area (Å²) in [6.07, 6.45) is 2.63. The zero-order valence-corrected chi connectivity index (χ0v) is 11.5. The average Bonchev–Trinajstić information content (AvgIpc) is 2.14. The lowest BCUT2D eigenvalue weighted by Crippen LogP contribution is -2.26. The number of carboxylic acids is 2. The summed E-state index contributed by atoms with van der Waals surface area (Å²) in [6, 6.07) is 0. The monoisotopic (exact) mass is 294 g/mol. The fourth-order valence-corrected chi connectivity index (χ4v) is 2.35. The number of hydrogen-bond donors (Lipinski definition) is 4. The van der Waals surface area contributed by atoms with Crippen molar-refractivity contribution in [2.45, 2.75) is 17.6 Å². The largest absolute Gasteiger partial charge is 0.481 e. The highest BCUT2D eigenvalue weighted by Gasteiger charge is 2.28. The van der Waals surface area contributed by atoms with Crippen LogP contribution in [0.1, 0.15) is 12.8 Å². The van der Waals surface area contributed by atoms with E-state index in [1.54, 1.807) is 10.8 Å². The number of carboxylic acid groups (broad SMARTS) is 2. The van der Waals surface area contributed by atoms with Crippen LogP contribution in [0.5, 0.6) is 0 Å². The molecule has 0 aliphatic rings. The second kappa shape index (κ2) is 8.54. The minimum absolute atomic E-state index is 0.338. The van der Waals surface area contributed by atoms with Gasteiger partial charge in [-0.25, -0.2) is 0 Å². The summed E-state index contributed by atoms with van der Waals surface area (Å²) in [7, 11) is 0. The molecule has 0 bridgehead atoms. The molecule has 0 spiro atoms. The van der Waals surface area contributed by atoms with E-state index in [9.17, 15) is 9.59 Å². The summed E-state index contributed by atoms with van der Waals surface area (Å²) >= 11 is 9.41. The van der Waals surface area contributed by atoms with E-state index in [-0.39, 0.29) is 12.8 Å². The second-order valence-corrected chi connectivity index (χ2v) is 5.31. The number of thiol groups is 2. The van der Waals surface area contributed by atoms with Crippen molar-refractivity contribution in [2.75, 3.05) is 5.75 Å². The van der Waals surface area contributed by atoms with Crippen LogP contribution in [0.4, 0.5) is 0 Å². The van der Waals surface area contributed by atoms with Gasteiger partial charge in [-0.3, -0.25) is 9.59 Å². The number of carbonyl (C=O) groups is 2. The van der Waals surface area contributed by atoms with E-state index in [1.165, 1.54) is 17.8 Å². The zero-order valence-electron chi connectivity index (χ0n) is 8.94. The highest BCUT2D eigenvalue weighted by atomic mass is 32.2. The second-order valence-electron chi connectivity index (χ2n) is 3.24. The van der Waals surface area contributed by atoms with Crippen molar-refractivity contribution in [1.29, 1.82) is 0 Å². The van der Waals surface area contributed by atoms with E-state index in [1.807, 2.05) is 6.08 Å². The maximum Gasteiger partial charge on any atom is 0.305 e. The lowest BCUT2D eigenvalue weighted by molar-refractivity contribution is -0.139. The van der Waals surface area contributed by atoms with Crippen LogP contribution in [0.15, 0.2) is 23.0 Å². The molecule has 0 aromatic rings. The van der Waals surface area contributed by atoms with Crippen LogP contribution in [0.25, 0.3) is 0 Å². The summed E-state index contributed by atoms with van der Waals surface area (Å²) in [5.41, 5.74) is 0. The molecule has 0 heterocycles. The van der Waals surface area contributed by atoms with Crippen LogP contribution < -0.4 is 0 Å². The van der Waals surface area contributed by atoms with Gasteiger partial charge in [0.05, 0.1) is 17.6 Å². The molecule has 2 N–H and O–H groups in total. The standard InChI is InChI=1S/C10H14O4S3/c11-8(12)6-10(16,7-9(13)14)2-5-17-4-1-3-15/h1-2,4-5,15-16H,3,6-7H2,(H,11,12)(H,13,14)/b4-1+,5-2+. The molecule has 17 heavy (non-hydrogen) atoms. The minimum atomic E-state index is -1.17. The molecule has 0 radical (unpaired) electrons. The lowest BCUT2D eigenvalue weighted by Gasteiger charge is -2.20. The van der Waals surface area contributed by atoms with Gasteiger partial charge in [0.1, 0.15) is 0 Å². The third-order valence-electron chi connectivity index (χ3n) is 1.65. The van der Waals surface area contributed by atoms with Crippen molar-refractivity contribution in [3.8, 4) is 0 Å². The first-order chi connectivity index (χ1) is 7.89. The molecule has 0 saturated carbocycles. The van der Waals surface area contributed by atoms with Crippen LogP contribution in [-0.2, 0) is 9.59 Å². The third kappa shape index (κ3) is 9.20. The third-order valence-corrected chi connectivity index (χ3v) is 2.97. The first-order valence-corrected chi connectivity index (χ1v) is 6.67. The summed E-state index contributed by atoms with van der Waals surface area (Å²) in [4.78, 5) is 21.3. The fourth-order valence-electron chi connectivity index (χ4n) is 1.01. The Labute approximate surface area is 115 Å². The Balaban J connectivity index is 4.51. The van der Waals surface area contributed by atoms with Gasteiger partial charge in [0.2, 0.25) is 0 Å². The maximum atomic E-state index is 10.6. The molecule has 0 unspecified atom stereocenters. The fraction of sp³-hybridized carbons (Fsp3) is 0.400. The van der Waals surface area contributed by atoms with Gasteiger partial charge in [-0.2, -0.15) is 25.3 Å². The van der Waals surface area contributed by atoms with Crippen molar-refractivity contribution in [1.82, 2.24) is 0 Å². The Morgan fingerprint density at radius 2 is 1.71 bits per heavy atom. The van der Waals surface area contributed by atoms with Gasteiger partial charge in [-0.05, 0) is 10.8 Å². The molecule has 0 aliphatic heterocycles. The van der Waals surface area contributed by atoms with Crippen molar-refractivity contribution < 1.29 is 19.8 Å². The van der Waals surface area contributed by atoms with Gasteiger partial charge < -0.3 is 10.2 Å². The summed E-state index contributed by atoms with van der Waals surface area (Å²) in [6.45, 7) is 0. The van der Waals surface area contributed by atoms with Crippen LogP contribution in [0.2, 0.25) is 0 Å². The van der Waals surface area contributed by atoms with Crippen LogP contribution in [0.3, 0.4) is 0 Å². The van der Waals surface area contributed by atoms with Gasteiger partial charge >= 0.3 is 11.9 Å². The quantitative estimate of drug-likeness (QED) is 0.517. The van der Waals surface area contributed by atoms with E-state index in [0.717, 1.165) is 0 Å². The number of aliphatic carboxylic acids is 2. The first-order valence-electron chi connectivity index (χ1n) is 4.64. The Bertz CT molecular complexity index is 310. The molecule has 96 valence electrons. The number of hydrogen-bond acceptors (Lipinski definition) is 5. The van der Waals surface area contributed by atoms with Gasteiger partial charge in [0.15, 0.2) is 0 Å². The summed E-state index contributed by atoms with van der Waals surface area (Å²) < 4.78 is -1.17. The van der Waals surface area contributed by atoms with Crippen molar-refractivity contribution >= 4 is 49.0 Å². The molecule has 0 fully saturated rings. The number of rotatable bonds is 8. The minimum Gasteiger partial charge on any atom is -0.481 e. The molecule has 0 aromatic carbocycles. The van der Waals surface area contributed by atoms with E-state index >= 15 is 0 Å². The topological polar surface area (TPSA) is 74.6 Å². The van der Waals surface area contributed by atoms with E-state index < -0.39 is 16.7 Å². The maximum absolute atomic E-state index is 10.6. The normalized spacial score (nSPS) is 12.4. The van der Waals surface area contributed by atoms with Crippen LogP contribution in [0, 0.1) is 0 Å². The Kier molecular flexibility index (Phi) is 8.28. The molecular weight excluding hydrogens is 280 g/mol. The molecule has 0 atom stereocenters. The van der Waals surface area contributed by atoms with E-state index in [2.05, 4.69) is 25.3 Å². The SMILES string of the molecule is O=C(O)CC(S)(/C=C/S/C=C/CS)CC(=O)O. The average molecular weight is 294 g/mol. The lowest BCUT2D eigenvalue weighted by atomic mass is 10.0. The molecule has 0 amide bonds. The van der Waals surface area contributed by atoms with Crippen molar-refractivity contribution in [2.24, 2.45) is 0 Å². The van der Waals surface area contributed by atoms with Crippen LogP contribution >= 0.6 is 37.0 Å². The molecule has 0 saturated heterocycles. The van der Waals surface area contributed by atoms with E-state index in [4.69, 9.17) is 10.2 Å². The van der Waals surface area contributed by atoms with Gasteiger partial charge in [-0.1, -0.05) is 12.2 Å². The van der Waals surface area contributed by atoms with Crippen LogP contribution in [-0.4, -0.2) is 32.7 Å². The van der Waals surface area contributed by atoms with Crippen molar-refractivity contribution in [3.05, 3.63) is 23.0 Å². The highest BCUT2D eigenvalue weighted by Crippen LogP contribution is 2.27. The molecule has 0 aliphatic carbocycles. The molecule has 7 heteroatoms. The Morgan fingerprint density at radius 1 is 1.18 bits per heavy atom. The van der Waals surface area contributed by atoms with Crippen molar-refractivity contribution in [3.63, 3.8) is 0 Å². The van der Waals surface area contributed by atoms with E-state index in [0.29, 0.717) is 5.75 Å². The van der Waals surface area contributed by atoms with Gasteiger partial charge in [-0.15, -0.1) is 11.8 Å². The van der Waals surface area contributed by atoms with Gasteiger partial charge in [0, 0.05) is 5.75 Å². The highest BCUT2D eigenvalue weighted by molar-refractivity contribution is 8.04. The Hall–Kier alpha value is -0.530. The molecule has 0 aromatic heterocycles. The first kappa shape index (κ1) is 16.5. The summed E-state index contributed by atoms with van der Waals surface area (Å²) in [5.74, 6) is -1.56. The predicted molar refractivity (Wildman–Crippen MR) is 75.9 cm³/mol. The molecular formula is C10H14O4S3. The smallest absolute Gasteiger partial charge is 0.305 e. The summed E-state index contributed by atoms with van der Waals surface area (Å²) in [5, 5.41) is 20.8.